The van der Waals surface area contributed by atoms with Crippen LogP contribution < -0.4 is 0 Å². The number of hydrogen-bond donors (Lipinski definition) is 0. The molecule has 1 unspecified atom stereocenters. The van der Waals surface area contributed by atoms with Gasteiger partial charge >= 0.3 is 17.9 Å². The van der Waals surface area contributed by atoms with Crippen molar-refractivity contribution in [3.05, 3.63) is 12.2 Å². The summed E-state index contributed by atoms with van der Waals surface area (Å²) in [4.78, 5) is 37.8. The molecule has 0 aromatic carbocycles. The summed E-state index contributed by atoms with van der Waals surface area (Å²) >= 11 is 0. The maximum Gasteiger partial charge on any atom is 0.306 e. The zero-order valence-electron chi connectivity index (χ0n) is 40.5. The van der Waals surface area contributed by atoms with Crippen molar-refractivity contribution >= 4 is 17.9 Å². The zero-order valence-corrected chi connectivity index (χ0v) is 40.5. The van der Waals surface area contributed by atoms with Crippen molar-refractivity contribution in [2.45, 2.75) is 303 Å². The van der Waals surface area contributed by atoms with Gasteiger partial charge in [0, 0.05) is 19.3 Å². The van der Waals surface area contributed by atoms with Crippen molar-refractivity contribution in [1.29, 1.82) is 0 Å². The number of carbonyl (C=O) groups excluding carboxylic acids is 3. The number of carbonyl (C=O) groups is 3. The first kappa shape index (κ1) is 58.1. The Balaban J connectivity index is 4.10. The first-order valence-electron chi connectivity index (χ1n) is 26.7. The number of ether oxygens (including phenoxy) is 3. The van der Waals surface area contributed by atoms with Crippen LogP contribution in [0.5, 0.6) is 0 Å². The first-order chi connectivity index (χ1) is 29.5. The van der Waals surface area contributed by atoms with Gasteiger partial charge in [-0.25, -0.2) is 0 Å². The van der Waals surface area contributed by atoms with Gasteiger partial charge in [-0.3, -0.25) is 14.4 Å². The molecule has 0 aromatic rings. The summed E-state index contributed by atoms with van der Waals surface area (Å²) in [6.45, 7) is 6.59. The third-order valence-corrected chi connectivity index (χ3v) is 12.0. The highest BCUT2D eigenvalue weighted by atomic mass is 16.6. The van der Waals surface area contributed by atoms with E-state index in [0.717, 1.165) is 70.6 Å². The molecule has 0 radical (unpaired) electrons. The molecule has 0 saturated heterocycles. The molecule has 0 spiro atoms. The third kappa shape index (κ3) is 47.2. The van der Waals surface area contributed by atoms with Crippen LogP contribution in [0, 0.1) is 0 Å². The summed E-state index contributed by atoms with van der Waals surface area (Å²) in [5.41, 5.74) is 0. The topological polar surface area (TPSA) is 78.9 Å². The van der Waals surface area contributed by atoms with E-state index in [9.17, 15) is 14.4 Å². The minimum Gasteiger partial charge on any atom is -0.462 e. The quantitative estimate of drug-likeness (QED) is 0.0263. The number of rotatable bonds is 49. The SMILES string of the molecule is CCC/C=C\CCCCCCCC(=O)OC(COC(=O)CCCCCCCCCCC)COC(=O)CCCCCCCCCCCCCCCCCCCCCCCCC. The van der Waals surface area contributed by atoms with Crippen molar-refractivity contribution < 1.29 is 28.6 Å². The van der Waals surface area contributed by atoms with E-state index in [1.54, 1.807) is 0 Å². The molecule has 1 atom stereocenters. The molecule has 0 bridgehead atoms. The van der Waals surface area contributed by atoms with E-state index in [4.69, 9.17) is 14.2 Å². The Kier molecular flexibility index (Phi) is 48.3. The predicted molar refractivity (Wildman–Crippen MR) is 256 cm³/mol. The molecular weight excluding hydrogens is 745 g/mol. The molecule has 60 heavy (non-hydrogen) atoms. The van der Waals surface area contributed by atoms with E-state index < -0.39 is 6.10 Å². The standard InChI is InChI=1S/C54H102O6/c1-4-7-10-13-16-19-21-22-23-24-25-26-27-28-29-30-31-32-33-36-38-41-44-47-53(56)59-50-51(49-58-52(55)46-43-40-37-34-18-15-12-9-6-3)60-54(57)48-45-42-39-35-20-17-14-11-8-5-2/h11,14,51H,4-10,12-13,15-50H2,1-3H3/b14-11-. The highest BCUT2D eigenvalue weighted by molar-refractivity contribution is 5.71. The lowest BCUT2D eigenvalue weighted by Crippen LogP contribution is -2.30. The zero-order chi connectivity index (χ0) is 43.7. The summed E-state index contributed by atoms with van der Waals surface area (Å²) in [5, 5.41) is 0. The Bertz CT molecular complexity index is 931. The van der Waals surface area contributed by atoms with Gasteiger partial charge in [-0.1, -0.05) is 251 Å². The summed E-state index contributed by atoms with van der Waals surface area (Å²) in [7, 11) is 0. The average Bonchev–Trinajstić information content (AvgIpc) is 3.24. The maximum absolute atomic E-state index is 12.7. The summed E-state index contributed by atoms with van der Waals surface area (Å²) < 4.78 is 16.7. The van der Waals surface area contributed by atoms with Gasteiger partial charge in [-0.2, -0.15) is 0 Å². The molecule has 0 aromatic heterocycles. The van der Waals surface area contributed by atoms with Crippen LogP contribution in [0.3, 0.4) is 0 Å². The van der Waals surface area contributed by atoms with E-state index >= 15 is 0 Å². The Morgan fingerprint density at radius 2 is 0.583 bits per heavy atom. The van der Waals surface area contributed by atoms with Crippen LogP contribution in [0.1, 0.15) is 297 Å². The van der Waals surface area contributed by atoms with Crippen LogP contribution in [0.15, 0.2) is 12.2 Å². The number of allylic oxidation sites excluding steroid dienone is 2. The minimum absolute atomic E-state index is 0.0687. The fraction of sp³-hybridized carbons (Fsp3) is 0.907. The number of esters is 3. The lowest BCUT2D eigenvalue weighted by molar-refractivity contribution is -0.167. The summed E-state index contributed by atoms with van der Waals surface area (Å²) in [6, 6.07) is 0. The van der Waals surface area contributed by atoms with Gasteiger partial charge in [0.25, 0.3) is 0 Å². The molecule has 0 N–H and O–H groups in total. The average molecular weight is 847 g/mol. The number of hydrogen-bond acceptors (Lipinski definition) is 6. The highest BCUT2D eigenvalue weighted by Crippen LogP contribution is 2.17. The van der Waals surface area contributed by atoms with E-state index in [1.165, 1.54) is 186 Å². The van der Waals surface area contributed by atoms with Gasteiger partial charge in [0.15, 0.2) is 6.10 Å². The van der Waals surface area contributed by atoms with Gasteiger partial charge in [-0.05, 0) is 38.5 Å². The van der Waals surface area contributed by atoms with Gasteiger partial charge in [0.05, 0.1) is 0 Å². The third-order valence-electron chi connectivity index (χ3n) is 12.0. The molecule has 6 heteroatoms. The fourth-order valence-corrected chi connectivity index (χ4v) is 7.98. The van der Waals surface area contributed by atoms with E-state index in [0.29, 0.717) is 19.3 Å². The summed E-state index contributed by atoms with van der Waals surface area (Å²) in [5.74, 6) is -0.867. The number of unbranched alkanes of at least 4 members (excludes halogenated alkanes) is 36. The van der Waals surface area contributed by atoms with Crippen molar-refractivity contribution in [3.63, 3.8) is 0 Å². The van der Waals surface area contributed by atoms with Gasteiger partial charge in [-0.15, -0.1) is 0 Å². The fourth-order valence-electron chi connectivity index (χ4n) is 7.98. The maximum atomic E-state index is 12.7. The molecule has 6 nitrogen and oxygen atoms in total. The van der Waals surface area contributed by atoms with Crippen molar-refractivity contribution in [3.8, 4) is 0 Å². The molecule has 0 heterocycles. The Labute approximate surface area is 373 Å². The molecule has 0 aliphatic carbocycles. The largest absolute Gasteiger partial charge is 0.462 e. The van der Waals surface area contributed by atoms with Crippen LogP contribution in [0.2, 0.25) is 0 Å². The van der Waals surface area contributed by atoms with Gasteiger partial charge in [0.2, 0.25) is 0 Å². The smallest absolute Gasteiger partial charge is 0.306 e. The minimum atomic E-state index is -0.766. The van der Waals surface area contributed by atoms with Gasteiger partial charge < -0.3 is 14.2 Å². The molecular formula is C54H102O6. The monoisotopic (exact) mass is 847 g/mol. The van der Waals surface area contributed by atoms with Crippen LogP contribution in [-0.2, 0) is 28.6 Å². The molecule has 354 valence electrons. The first-order valence-corrected chi connectivity index (χ1v) is 26.7. The molecule has 0 aliphatic heterocycles. The Morgan fingerprint density at radius 3 is 0.900 bits per heavy atom. The highest BCUT2D eigenvalue weighted by Gasteiger charge is 2.19. The van der Waals surface area contributed by atoms with E-state index in [2.05, 4.69) is 32.9 Å². The van der Waals surface area contributed by atoms with Crippen LogP contribution in [0.4, 0.5) is 0 Å². The predicted octanol–water partition coefficient (Wildman–Crippen LogP) is 17.4. The van der Waals surface area contributed by atoms with Crippen LogP contribution >= 0.6 is 0 Å². The van der Waals surface area contributed by atoms with Crippen LogP contribution in [0.25, 0.3) is 0 Å². The van der Waals surface area contributed by atoms with E-state index in [1.807, 2.05) is 0 Å². The van der Waals surface area contributed by atoms with E-state index in [-0.39, 0.29) is 31.1 Å². The normalized spacial score (nSPS) is 12.0. The molecule has 0 fully saturated rings. The van der Waals surface area contributed by atoms with Crippen molar-refractivity contribution in [2.75, 3.05) is 13.2 Å². The molecule has 0 rings (SSSR count). The van der Waals surface area contributed by atoms with Crippen molar-refractivity contribution in [1.82, 2.24) is 0 Å². The summed E-state index contributed by atoms with van der Waals surface area (Å²) in [6.07, 6.45) is 55.1. The second kappa shape index (κ2) is 49.8. The second-order valence-corrected chi connectivity index (χ2v) is 18.2. The molecule has 0 saturated carbocycles. The molecule has 0 amide bonds. The lowest BCUT2D eigenvalue weighted by Gasteiger charge is -2.18. The Morgan fingerprint density at radius 1 is 0.317 bits per heavy atom. The Hall–Kier alpha value is -1.85. The van der Waals surface area contributed by atoms with Crippen molar-refractivity contribution in [2.24, 2.45) is 0 Å². The second-order valence-electron chi connectivity index (χ2n) is 18.2. The van der Waals surface area contributed by atoms with Crippen LogP contribution in [-0.4, -0.2) is 37.2 Å². The lowest BCUT2D eigenvalue weighted by atomic mass is 10.0. The van der Waals surface area contributed by atoms with Gasteiger partial charge in [0.1, 0.15) is 13.2 Å². The molecule has 0 aliphatic rings.